The van der Waals surface area contributed by atoms with E-state index in [1.165, 1.54) is 6.07 Å². The van der Waals surface area contributed by atoms with Gasteiger partial charge in [0.2, 0.25) is 0 Å². The molecule has 17 heavy (non-hydrogen) atoms. The highest BCUT2D eigenvalue weighted by Crippen LogP contribution is 2.58. The Bertz CT molecular complexity index is 491. The topological polar surface area (TPSA) is 58.6 Å². The van der Waals surface area contributed by atoms with Crippen LogP contribution in [0.25, 0.3) is 0 Å². The predicted octanol–water partition coefficient (Wildman–Crippen LogP) is 2.20. The number of halogens is 1. The summed E-state index contributed by atoms with van der Waals surface area (Å²) in [5, 5.41) is 10.7. The number of rotatable bonds is 2. The van der Waals surface area contributed by atoms with Crippen LogP contribution in [-0.4, -0.2) is 24.4 Å². The molecule has 5 heteroatoms. The van der Waals surface area contributed by atoms with E-state index in [2.05, 4.69) is 5.32 Å². The van der Waals surface area contributed by atoms with E-state index in [-0.39, 0.29) is 16.9 Å². The first-order valence-corrected chi connectivity index (χ1v) is 5.49. The molecule has 0 spiro atoms. The fourth-order valence-corrected chi connectivity index (χ4v) is 2.69. The Balaban J connectivity index is 1.90. The third-order valence-corrected chi connectivity index (χ3v) is 3.67. The lowest BCUT2D eigenvalue weighted by atomic mass is 9.94. The number of fused-ring (bicyclic) bond motifs is 1. The summed E-state index contributed by atoms with van der Waals surface area (Å²) in [4.78, 5) is 10.4. The second kappa shape index (κ2) is 3.43. The van der Waals surface area contributed by atoms with Crippen molar-refractivity contribution in [2.45, 2.75) is 11.8 Å². The molecular weight excluding hydrogens is 225 g/mol. The van der Waals surface area contributed by atoms with Gasteiger partial charge in [-0.3, -0.25) is 5.32 Å². The molecule has 90 valence electrons. The number of ether oxygens (including phenoxy) is 1. The Morgan fingerprint density at radius 3 is 2.94 bits per heavy atom. The molecule has 1 heterocycles. The van der Waals surface area contributed by atoms with Gasteiger partial charge in [-0.15, -0.1) is 0 Å². The van der Waals surface area contributed by atoms with Crippen LogP contribution in [0.3, 0.4) is 0 Å². The summed E-state index contributed by atoms with van der Waals surface area (Å²) < 4.78 is 19.3. The maximum atomic E-state index is 13.9. The van der Waals surface area contributed by atoms with Crippen LogP contribution in [0.4, 0.5) is 14.9 Å². The molecule has 0 unspecified atom stereocenters. The molecule has 0 aromatic heterocycles. The second-order valence-electron chi connectivity index (χ2n) is 4.70. The quantitative estimate of drug-likeness (QED) is 0.829. The lowest BCUT2D eigenvalue weighted by molar-refractivity contribution is 0.159. The molecule has 3 rings (SSSR count). The van der Waals surface area contributed by atoms with Crippen molar-refractivity contribution in [3.05, 3.63) is 29.6 Å². The number of nitrogens with one attached hydrogen (secondary N) is 1. The summed E-state index contributed by atoms with van der Waals surface area (Å²) in [7, 11) is 0. The van der Waals surface area contributed by atoms with Crippen molar-refractivity contribution in [1.29, 1.82) is 0 Å². The molecule has 1 aromatic carbocycles. The van der Waals surface area contributed by atoms with Gasteiger partial charge in [0.15, 0.2) is 0 Å². The molecule has 1 aliphatic carbocycles. The monoisotopic (exact) mass is 237 g/mol. The van der Waals surface area contributed by atoms with Crippen LogP contribution in [0.1, 0.15) is 12.0 Å². The molecule has 1 saturated carbocycles. The smallest absolute Gasteiger partial charge is 0.409 e. The molecule has 1 amide bonds. The fourth-order valence-electron chi connectivity index (χ4n) is 2.69. The second-order valence-corrected chi connectivity index (χ2v) is 4.70. The van der Waals surface area contributed by atoms with Gasteiger partial charge in [-0.1, -0.05) is 6.07 Å². The maximum absolute atomic E-state index is 13.9. The van der Waals surface area contributed by atoms with Gasteiger partial charge in [0.1, 0.15) is 5.82 Å². The zero-order valence-electron chi connectivity index (χ0n) is 9.07. The van der Waals surface area contributed by atoms with Crippen LogP contribution in [0.5, 0.6) is 0 Å². The van der Waals surface area contributed by atoms with Gasteiger partial charge in [-0.2, -0.15) is 0 Å². The summed E-state index contributed by atoms with van der Waals surface area (Å²) in [5.41, 5.74) is 0.758. The lowest BCUT2D eigenvalue weighted by Gasteiger charge is -2.13. The van der Waals surface area contributed by atoms with Crippen molar-refractivity contribution >= 4 is 11.8 Å². The van der Waals surface area contributed by atoms with Gasteiger partial charge in [-0.05, 0) is 30.0 Å². The molecule has 2 N–H and O–H groups in total. The lowest BCUT2D eigenvalue weighted by Crippen LogP contribution is -2.14. The summed E-state index contributed by atoms with van der Waals surface area (Å²) in [5.74, 6) is 0.0690. The molecule has 4 nitrogen and oxygen atoms in total. The molecule has 1 aromatic rings. The zero-order chi connectivity index (χ0) is 12.0. The van der Waals surface area contributed by atoms with Crippen LogP contribution in [-0.2, 0) is 10.2 Å². The molecule has 2 aliphatic rings. The van der Waals surface area contributed by atoms with E-state index >= 15 is 0 Å². The van der Waals surface area contributed by atoms with E-state index in [9.17, 15) is 9.18 Å². The first-order valence-electron chi connectivity index (χ1n) is 5.49. The van der Waals surface area contributed by atoms with Crippen molar-refractivity contribution in [3.63, 3.8) is 0 Å². The number of carbonyl (C=O) groups is 1. The van der Waals surface area contributed by atoms with Crippen molar-refractivity contribution in [1.82, 2.24) is 0 Å². The van der Waals surface area contributed by atoms with E-state index in [0.29, 0.717) is 24.7 Å². The van der Waals surface area contributed by atoms with E-state index in [1.807, 2.05) is 0 Å². The van der Waals surface area contributed by atoms with E-state index < -0.39 is 6.09 Å². The normalized spacial score (nSPS) is 29.8. The summed E-state index contributed by atoms with van der Waals surface area (Å²) in [6.07, 6.45) is -0.223. The van der Waals surface area contributed by atoms with E-state index in [0.717, 1.165) is 6.42 Å². The van der Waals surface area contributed by atoms with Gasteiger partial charge >= 0.3 is 6.09 Å². The average Bonchev–Trinajstić information content (AvgIpc) is 2.80. The van der Waals surface area contributed by atoms with Crippen molar-refractivity contribution in [3.8, 4) is 0 Å². The average molecular weight is 237 g/mol. The SMILES string of the molecule is O=C(O)Nc1ccc([C@]23COC[C@H]2C3)c(F)c1. The van der Waals surface area contributed by atoms with Crippen molar-refractivity contribution < 1.29 is 19.0 Å². The Labute approximate surface area is 97.4 Å². The summed E-state index contributed by atoms with van der Waals surface area (Å²) >= 11 is 0. The Hall–Kier alpha value is -1.62. The minimum Gasteiger partial charge on any atom is -0.465 e. The van der Waals surface area contributed by atoms with Gasteiger partial charge < -0.3 is 9.84 Å². The number of anilines is 1. The van der Waals surface area contributed by atoms with Crippen molar-refractivity contribution in [2.24, 2.45) is 5.92 Å². The minimum atomic E-state index is -1.19. The maximum Gasteiger partial charge on any atom is 0.409 e. The first-order chi connectivity index (χ1) is 8.12. The van der Waals surface area contributed by atoms with Crippen molar-refractivity contribution in [2.75, 3.05) is 18.5 Å². The summed E-state index contributed by atoms with van der Waals surface area (Å²) in [6, 6.07) is 4.48. The largest absolute Gasteiger partial charge is 0.465 e. The van der Waals surface area contributed by atoms with Gasteiger partial charge in [0.25, 0.3) is 0 Å². The third kappa shape index (κ3) is 1.58. The van der Waals surface area contributed by atoms with Crippen LogP contribution >= 0.6 is 0 Å². The van der Waals surface area contributed by atoms with Crippen LogP contribution in [0.2, 0.25) is 0 Å². The number of hydrogen-bond donors (Lipinski definition) is 2. The van der Waals surface area contributed by atoms with Gasteiger partial charge in [-0.25, -0.2) is 9.18 Å². The Morgan fingerprint density at radius 2 is 2.41 bits per heavy atom. The molecule has 2 atom stereocenters. The van der Waals surface area contributed by atoms with Gasteiger partial charge in [0.05, 0.1) is 13.2 Å². The number of hydrogen-bond acceptors (Lipinski definition) is 2. The molecular formula is C12H12FNO3. The van der Waals surface area contributed by atoms with E-state index in [1.54, 1.807) is 12.1 Å². The van der Waals surface area contributed by atoms with Crippen LogP contribution in [0.15, 0.2) is 18.2 Å². The predicted molar refractivity (Wildman–Crippen MR) is 58.7 cm³/mol. The zero-order valence-corrected chi connectivity index (χ0v) is 9.07. The Morgan fingerprint density at radius 1 is 1.59 bits per heavy atom. The fraction of sp³-hybridized carbons (Fsp3) is 0.417. The summed E-state index contributed by atoms with van der Waals surface area (Å²) in [6.45, 7) is 1.27. The molecule has 1 saturated heterocycles. The number of amides is 1. The number of carboxylic acid groups (broad SMARTS) is 1. The molecule has 2 fully saturated rings. The third-order valence-electron chi connectivity index (χ3n) is 3.67. The first kappa shape index (κ1) is 10.5. The van der Waals surface area contributed by atoms with Crippen LogP contribution in [0, 0.1) is 11.7 Å². The molecule has 1 aliphatic heterocycles. The minimum absolute atomic E-state index is 0.147. The Kier molecular flexibility index (Phi) is 2.13. The standard InChI is InChI=1S/C12H12FNO3/c13-10-3-8(14-11(15)16)1-2-9(10)12-4-7(12)5-17-6-12/h1-3,7,14H,4-6H2,(H,15,16)/t7-,12-/m1/s1. The molecule has 0 bridgehead atoms. The van der Waals surface area contributed by atoms with E-state index in [4.69, 9.17) is 9.84 Å². The van der Waals surface area contributed by atoms with Crippen LogP contribution < -0.4 is 5.32 Å². The highest BCUT2D eigenvalue weighted by Gasteiger charge is 2.60. The van der Waals surface area contributed by atoms with Gasteiger partial charge in [0, 0.05) is 11.1 Å². The number of benzene rings is 1. The molecule has 0 radical (unpaired) electrons. The highest BCUT2D eigenvalue weighted by molar-refractivity contribution is 5.82. The highest BCUT2D eigenvalue weighted by atomic mass is 19.1.